The van der Waals surface area contributed by atoms with Gasteiger partial charge in [0.15, 0.2) is 0 Å². The Morgan fingerprint density at radius 1 is 0.909 bits per heavy atom. The highest BCUT2D eigenvalue weighted by molar-refractivity contribution is 7.89. The Morgan fingerprint density at radius 3 is 2.15 bits per heavy atom. The molecule has 4 rings (SSSR count). The van der Waals surface area contributed by atoms with Crippen LogP contribution in [0.2, 0.25) is 0 Å². The molecule has 2 aliphatic rings. The van der Waals surface area contributed by atoms with Crippen molar-refractivity contribution in [2.45, 2.75) is 23.8 Å². The maximum absolute atomic E-state index is 12.7. The minimum absolute atomic E-state index is 0.156. The van der Waals surface area contributed by atoms with Gasteiger partial charge in [-0.25, -0.2) is 13.2 Å². The molecule has 0 radical (unpaired) electrons. The van der Waals surface area contributed by atoms with Gasteiger partial charge in [0.2, 0.25) is 15.9 Å². The number of amides is 4. The molecule has 10 heteroatoms. The highest BCUT2D eigenvalue weighted by atomic mass is 32.2. The third-order valence-electron chi connectivity index (χ3n) is 5.94. The highest BCUT2D eigenvalue weighted by Gasteiger charge is 2.40. The van der Waals surface area contributed by atoms with E-state index in [4.69, 9.17) is 0 Å². The molecule has 2 heterocycles. The first kappa shape index (κ1) is 22.9. The summed E-state index contributed by atoms with van der Waals surface area (Å²) in [5.74, 6) is -0.784. The number of imide groups is 1. The number of carbonyl (C=O) groups excluding carboxylic acids is 3. The van der Waals surface area contributed by atoms with Crippen LogP contribution in [0.15, 0.2) is 65.6 Å². The van der Waals surface area contributed by atoms with Gasteiger partial charge < -0.3 is 10.2 Å². The molecule has 1 N–H and O–H groups in total. The number of benzene rings is 2. The first-order valence-electron chi connectivity index (χ1n) is 10.8. The third-order valence-corrected chi connectivity index (χ3v) is 7.85. The van der Waals surface area contributed by atoms with Gasteiger partial charge >= 0.3 is 6.03 Å². The van der Waals surface area contributed by atoms with Crippen LogP contribution in [-0.4, -0.2) is 79.1 Å². The molecule has 2 aliphatic heterocycles. The van der Waals surface area contributed by atoms with Crippen molar-refractivity contribution in [3.05, 3.63) is 66.2 Å². The maximum atomic E-state index is 12.7. The fourth-order valence-corrected chi connectivity index (χ4v) is 5.48. The molecule has 0 bridgehead atoms. The first-order valence-corrected chi connectivity index (χ1v) is 12.3. The van der Waals surface area contributed by atoms with E-state index in [1.807, 2.05) is 30.3 Å². The summed E-state index contributed by atoms with van der Waals surface area (Å²) in [7, 11) is -3.62. The molecule has 174 valence electrons. The van der Waals surface area contributed by atoms with Gasteiger partial charge in [-0.2, -0.15) is 4.31 Å². The summed E-state index contributed by atoms with van der Waals surface area (Å²) in [6, 6.07) is 16.6. The summed E-state index contributed by atoms with van der Waals surface area (Å²) in [6.45, 7) is 0.363. The molecular formula is C23H26N4O5S. The number of aryl methyl sites for hydroxylation is 1. The van der Waals surface area contributed by atoms with Crippen LogP contribution >= 0.6 is 0 Å². The Balaban J connectivity index is 1.30. The van der Waals surface area contributed by atoms with Crippen molar-refractivity contribution in [2.24, 2.45) is 0 Å². The second kappa shape index (κ2) is 9.72. The number of rotatable bonds is 7. The van der Waals surface area contributed by atoms with Crippen molar-refractivity contribution in [1.82, 2.24) is 19.4 Å². The fraction of sp³-hybridized carbons (Fsp3) is 0.348. The predicted octanol–water partition coefficient (Wildman–Crippen LogP) is 1.07. The Morgan fingerprint density at radius 2 is 1.52 bits per heavy atom. The van der Waals surface area contributed by atoms with Crippen LogP contribution in [0.1, 0.15) is 12.0 Å². The van der Waals surface area contributed by atoms with Crippen LogP contribution in [0.3, 0.4) is 0 Å². The molecule has 33 heavy (non-hydrogen) atoms. The van der Waals surface area contributed by atoms with Crippen molar-refractivity contribution in [1.29, 1.82) is 0 Å². The third kappa shape index (κ3) is 5.07. The minimum atomic E-state index is -3.62. The van der Waals surface area contributed by atoms with Gasteiger partial charge in [0.25, 0.3) is 5.91 Å². The van der Waals surface area contributed by atoms with E-state index in [0.29, 0.717) is 12.8 Å². The molecule has 0 saturated carbocycles. The summed E-state index contributed by atoms with van der Waals surface area (Å²) in [5, 5.41) is 2.66. The number of nitrogens with one attached hydrogen (secondary N) is 1. The second-order valence-electron chi connectivity index (χ2n) is 8.05. The van der Waals surface area contributed by atoms with E-state index in [-0.39, 0.29) is 43.5 Å². The number of hydrogen-bond acceptors (Lipinski definition) is 5. The van der Waals surface area contributed by atoms with Crippen LogP contribution in [0.25, 0.3) is 0 Å². The molecule has 2 fully saturated rings. The van der Waals surface area contributed by atoms with Gasteiger partial charge in [0.1, 0.15) is 12.6 Å². The Hall–Kier alpha value is -3.24. The van der Waals surface area contributed by atoms with Crippen molar-refractivity contribution in [3.63, 3.8) is 0 Å². The Labute approximate surface area is 193 Å². The Bertz CT molecular complexity index is 1120. The van der Waals surface area contributed by atoms with E-state index in [1.165, 1.54) is 9.21 Å². The van der Waals surface area contributed by atoms with E-state index < -0.39 is 28.0 Å². The number of nitrogens with zero attached hydrogens (tertiary/aromatic N) is 3. The zero-order chi connectivity index (χ0) is 23.4. The van der Waals surface area contributed by atoms with Gasteiger partial charge in [-0.1, -0.05) is 48.5 Å². The Kier molecular flexibility index (Phi) is 6.75. The van der Waals surface area contributed by atoms with Crippen LogP contribution in [0.5, 0.6) is 0 Å². The molecule has 2 aromatic rings. The lowest BCUT2D eigenvalue weighted by atomic mass is 10.1. The van der Waals surface area contributed by atoms with Gasteiger partial charge in [-0.05, 0) is 30.5 Å². The topological polar surface area (TPSA) is 107 Å². The lowest BCUT2D eigenvalue weighted by Gasteiger charge is -2.34. The van der Waals surface area contributed by atoms with Crippen LogP contribution in [0, 0.1) is 0 Å². The molecule has 2 aromatic carbocycles. The smallest absolute Gasteiger partial charge is 0.325 e. The van der Waals surface area contributed by atoms with E-state index in [9.17, 15) is 22.8 Å². The molecule has 0 aromatic heterocycles. The SMILES string of the molecule is O=C(CN1C(=O)N[C@H](CCc2ccccc2)C1=O)N1CCN(S(=O)(=O)c2ccccc2)CC1. The van der Waals surface area contributed by atoms with Crippen LogP contribution in [0.4, 0.5) is 4.79 Å². The maximum Gasteiger partial charge on any atom is 0.325 e. The normalized spacial score (nSPS) is 19.6. The summed E-state index contributed by atoms with van der Waals surface area (Å²) in [5.41, 5.74) is 1.07. The lowest BCUT2D eigenvalue weighted by molar-refractivity contribution is -0.138. The van der Waals surface area contributed by atoms with Crippen molar-refractivity contribution >= 4 is 27.9 Å². The van der Waals surface area contributed by atoms with Gasteiger partial charge in [-0.3, -0.25) is 14.5 Å². The van der Waals surface area contributed by atoms with Crippen molar-refractivity contribution in [2.75, 3.05) is 32.7 Å². The summed E-state index contributed by atoms with van der Waals surface area (Å²) < 4.78 is 26.8. The standard InChI is InChI=1S/C23H26N4O5S/c28-21(25-13-15-26(16-14-25)33(31,32)19-9-5-2-6-10-19)17-27-22(29)20(24-23(27)30)12-11-18-7-3-1-4-8-18/h1-10,20H,11-17H2,(H,24,30)/t20-/m1/s1. The highest BCUT2D eigenvalue weighted by Crippen LogP contribution is 2.18. The number of carbonyl (C=O) groups is 3. The number of piperazine rings is 1. The quantitative estimate of drug-likeness (QED) is 0.610. The summed E-state index contributed by atoms with van der Waals surface area (Å²) >= 11 is 0. The average Bonchev–Trinajstić information content (AvgIpc) is 3.11. The summed E-state index contributed by atoms with van der Waals surface area (Å²) in [4.78, 5) is 40.4. The first-order chi connectivity index (χ1) is 15.9. The van der Waals surface area contributed by atoms with E-state index >= 15 is 0 Å². The molecule has 9 nitrogen and oxygen atoms in total. The molecule has 1 atom stereocenters. The molecule has 4 amide bonds. The van der Waals surface area contributed by atoms with E-state index in [2.05, 4.69) is 5.32 Å². The number of hydrogen-bond donors (Lipinski definition) is 1. The molecular weight excluding hydrogens is 444 g/mol. The van der Waals surface area contributed by atoms with Crippen LogP contribution < -0.4 is 5.32 Å². The molecule has 0 aliphatic carbocycles. The van der Waals surface area contributed by atoms with Crippen LogP contribution in [-0.2, 0) is 26.0 Å². The fourth-order valence-electron chi connectivity index (χ4n) is 4.03. The molecule has 2 saturated heterocycles. The lowest BCUT2D eigenvalue weighted by Crippen LogP contribution is -2.53. The van der Waals surface area contributed by atoms with E-state index in [1.54, 1.807) is 30.3 Å². The second-order valence-corrected chi connectivity index (χ2v) is 9.99. The zero-order valence-electron chi connectivity index (χ0n) is 18.1. The predicted molar refractivity (Wildman–Crippen MR) is 121 cm³/mol. The van der Waals surface area contributed by atoms with Gasteiger partial charge in [0.05, 0.1) is 4.90 Å². The summed E-state index contributed by atoms with van der Waals surface area (Å²) in [6.07, 6.45) is 1.09. The largest absolute Gasteiger partial charge is 0.338 e. The average molecular weight is 471 g/mol. The van der Waals surface area contributed by atoms with E-state index in [0.717, 1.165) is 10.5 Å². The zero-order valence-corrected chi connectivity index (χ0v) is 18.9. The monoisotopic (exact) mass is 470 g/mol. The molecule has 0 unspecified atom stereocenters. The minimum Gasteiger partial charge on any atom is -0.338 e. The number of sulfonamides is 1. The van der Waals surface area contributed by atoms with Crippen molar-refractivity contribution < 1.29 is 22.8 Å². The van der Waals surface area contributed by atoms with Gasteiger partial charge in [-0.15, -0.1) is 0 Å². The molecule has 0 spiro atoms. The van der Waals surface area contributed by atoms with Crippen molar-refractivity contribution in [3.8, 4) is 0 Å². The van der Waals surface area contributed by atoms with Gasteiger partial charge in [0, 0.05) is 26.2 Å². The number of urea groups is 1.